The highest BCUT2D eigenvalue weighted by Crippen LogP contribution is 2.38. The molecule has 0 N–H and O–H groups in total. The van der Waals surface area contributed by atoms with Crippen LogP contribution in [0.5, 0.6) is 11.8 Å². The first kappa shape index (κ1) is 30.2. The number of benzene rings is 1. The molecule has 2 saturated heterocycles. The molecule has 234 valence electrons. The Kier molecular flexibility index (Phi) is 9.22. The van der Waals surface area contributed by atoms with Crippen molar-refractivity contribution in [2.24, 2.45) is 0 Å². The Morgan fingerprint density at radius 2 is 2.02 bits per heavy atom. The van der Waals surface area contributed by atoms with Crippen LogP contribution in [0.3, 0.4) is 0 Å². The number of carbonyl (C=O) groups is 1. The summed E-state index contributed by atoms with van der Waals surface area (Å²) in [5, 5.41) is 9.56. The quantitative estimate of drug-likeness (QED) is 0.399. The molecule has 0 saturated carbocycles. The minimum Gasteiger partial charge on any atom is -0.497 e. The van der Waals surface area contributed by atoms with Gasteiger partial charge in [-0.05, 0) is 69.3 Å². The van der Waals surface area contributed by atoms with Gasteiger partial charge in [0.05, 0.1) is 31.3 Å². The van der Waals surface area contributed by atoms with Gasteiger partial charge < -0.3 is 24.2 Å². The summed E-state index contributed by atoms with van der Waals surface area (Å²) in [5.41, 5.74) is 4.88. The largest absolute Gasteiger partial charge is 0.497 e. The molecule has 10 nitrogen and oxygen atoms in total. The Hall–Kier alpha value is -3.84. The lowest BCUT2D eigenvalue weighted by Gasteiger charge is -2.43. The van der Waals surface area contributed by atoms with Gasteiger partial charge in [0.1, 0.15) is 18.2 Å². The monoisotopic (exact) mass is 599 g/mol. The van der Waals surface area contributed by atoms with Crippen molar-refractivity contribution in [2.75, 3.05) is 62.8 Å². The van der Waals surface area contributed by atoms with Crippen molar-refractivity contribution in [3.8, 4) is 17.8 Å². The van der Waals surface area contributed by atoms with E-state index in [4.69, 9.17) is 19.4 Å². The summed E-state index contributed by atoms with van der Waals surface area (Å²) in [6.45, 7) is 11.3. The number of carbonyl (C=O) groups excluding carboxylic acids is 1. The third-order valence-electron chi connectivity index (χ3n) is 9.97. The van der Waals surface area contributed by atoms with Gasteiger partial charge in [0, 0.05) is 62.0 Å². The van der Waals surface area contributed by atoms with Crippen LogP contribution in [0.15, 0.2) is 30.9 Å². The van der Waals surface area contributed by atoms with Crippen molar-refractivity contribution in [2.45, 2.75) is 76.4 Å². The number of nitrogens with zero attached hydrogens (tertiary/aromatic N) is 7. The molecular formula is C34H45N7O3. The predicted molar refractivity (Wildman–Crippen MR) is 170 cm³/mol. The van der Waals surface area contributed by atoms with Crippen molar-refractivity contribution in [1.29, 1.82) is 5.26 Å². The second-order valence-corrected chi connectivity index (χ2v) is 12.4. The third kappa shape index (κ3) is 6.07. The molecule has 4 aliphatic rings. The number of anilines is 2. The summed E-state index contributed by atoms with van der Waals surface area (Å²) in [6, 6.07) is 9.65. The van der Waals surface area contributed by atoms with Gasteiger partial charge in [-0.25, -0.2) is 0 Å². The number of nitriles is 1. The highest BCUT2D eigenvalue weighted by atomic mass is 16.5. The van der Waals surface area contributed by atoms with Crippen LogP contribution < -0.4 is 19.3 Å². The van der Waals surface area contributed by atoms with E-state index in [1.54, 1.807) is 12.0 Å². The number of methoxy groups -OCH3 is 1. The first-order valence-electron chi connectivity index (χ1n) is 16.3. The molecule has 0 spiro atoms. The molecule has 0 radical (unpaired) electrons. The molecule has 2 fully saturated rings. The molecule has 1 aromatic heterocycles. The molecule has 1 amide bonds. The Bertz CT molecular complexity index is 1410. The molecule has 10 heteroatoms. The molecule has 2 aromatic rings. The van der Waals surface area contributed by atoms with Crippen LogP contribution in [0.4, 0.5) is 11.5 Å². The van der Waals surface area contributed by atoms with Crippen molar-refractivity contribution in [1.82, 2.24) is 19.8 Å². The van der Waals surface area contributed by atoms with Gasteiger partial charge in [-0.2, -0.15) is 15.2 Å². The molecular weight excluding hydrogens is 554 g/mol. The SMILES string of the molecule is C=CC(=O)N1CCN(c2nc(OCC3CCCN3CC)nc3c2CCC(N2CCCc4ccc(OC)cc42)C3)CC1CC#N. The number of aryl methyl sites for hydroxylation is 1. The number of piperazine rings is 1. The molecule has 44 heavy (non-hydrogen) atoms. The van der Waals surface area contributed by atoms with Gasteiger partial charge in [0.15, 0.2) is 0 Å². The van der Waals surface area contributed by atoms with Gasteiger partial charge in [0.25, 0.3) is 0 Å². The van der Waals surface area contributed by atoms with Crippen molar-refractivity contribution in [3.63, 3.8) is 0 Å². The van der Waals surface area contributed by atoms with Crippen molar-refractivity contribution < 1.29 is 14.3 Å². The van der Waals surface area contributed by atoms with Crippen LogP contribution in [-0.4, -0.2) is 96.8 Å². The van der Waals surface area contributed by atoms with Gasteiger partial charge >= 0.3 is 6.01 Å². The molecule has 3 aliphatic heterocycles. The second kappa shape index (κ2) is 13.4. The number of aromatic nitrogens is 2. The Labute approximate surface area is 261 Å². The fourth-order valence-electron chi connectivity index (χ4n) is 7.64. The third-order valence-corrected chi connectivity index (χ3v) is 9.97. The normalized spacial score (nSPS) is 23.5. The number of amides is 1. The van der Waals surface area contributed by atoms with E-state index in [1.165, 1.54) is 29.3 Å². The fourth-order valence-corrected chi connectivity index (χ4v) is 7.64. The smallest absolute Gasteiger partial charge is 0.318 e. The highest BCUT2D eigenvalue weighted by molar-refractivity contribution is 5.87. The zero-order valence-corrected chi connectivity index (χ0v) is 26.2. The van der Waals surface area contributed by atoms with Gasteiger partial charge in [-0.3, -0.25) is 9.69 Å². The van der Waals surface area contributed by atoms with Crippen molar-refractivity contribution >= 4 is 17.4 Å². The van der Waals surface area contributed by atoms with Crippen LogP contribution in [0.25, 0.3) is 0 Å². The minimum absolute atomic E-state index is 0.128. The first-order valence-corrected chi connectivity index (χ1v) is 16.3. The summed E-state index contributed by atoms with van der Waals surface area (Å²) in [7, 11) is 1.73. The van der Waals surface area contributed by atoms with Crippen LogP contribution in [0.1, 0.15) is 55.8 Å². The number of rotatable bonds is 9. The van der Waals surface area contributed by atoms with E-state index in [9.17, 15) is 10.1 Å². The Balaban J connectivity index is 1.30. The van der Waals surface area contributed by atoms with E-state index >= 15 is 0 Å². The van der Waals surface area contributed by atoms with Gasteiger partial charge in [0.2, 0.25) is 5.91 Å². The fraction of sp³-hybridized carbons (Fsp3) is 0.588. The summed E-state index contributed by atoms with van der Waals surface area (Å²) >= 11 is 0. The van der Waals surface area contributed by atoms with E-state index in [0.29, 0.717) is 44.3 Å². The molecule has 1 aromatic carbocycles. The standard InChI is InChI=1S/C34H45N7O3/c1-4-32(42)41-19-18-39(22-26(41)14-15-35)33-29-13-11-25(40-17-6-8-24-10-12-28(43-3)21-31(24)40)20-30(29)36-34(37-33)44-23-27-9-7-16-38(27)5-2/h4,10,12,21,25-27H,1,5-9,11,13-14,16-20,22-23H2,2-3H3. The number of hydrogen-bond acceptors (Lipinski definition) is 9. The van der Waals surface area contributed by atoms with Crippen LogP contribution in [-0.2, 0) is 24.1 Å². The molecule has 6 rings (SSSR count). The lowest BCUT2D eigenvalue weighted by molar-refractivity contribution is -0.128. The zero-order valence-electron chi connectivity index (χ0n) is 26.2. The predicted octanol–water partition coefficient (Wildman–Crippen LogP) is 3.78. The summed E-state index contributed by atoms with van der Waals surface area (Å²) in [5.74, 6) is 1.66. The Morgan fingerprint density at radius 3 is 2.82 bits per heavy atom. The lowest BCUT2D eigenvalue weighted by atomic mass is 9.88. The van der Waals surface area contributed by atoms with Gasteiger partial charge in [-0.1, -0.05) is 19.6 Å². The maximum Gasteiger partial charge on any atom is 0.318 e. The van der Waals surface area contributed by atoms with E-state index in [-0.39, 0.29) is 18.4 Å². The maximum atomic E-state index is 12.6. The number of likely N-dealkylation sites (N-methyl/N-ethyl adjacent to an activating group) is 1. The number of fused-ring (bicyclic) bond motifs is 2. The van der Waals surface area contributed by atoms with E-state index in [2.05, 4.69) is 52.5 Å². The first-order chi connectivity index (χ1) is 21.5. The van der Waals surface area contributed by atoms with Gasteiger partial charge in [-0.15, -0.1) is 0 Å². The molecule has 1 aliphatic carbocycles. The second-order valence-electron chi connectivity index (χ2n) is 12.4. The lowest BCUT2D eigenvalue weighted by Crippen LogP contribution is -2.55. The zero-order chi connectivity index (χ0) is 30.6. The van der Waals surface area contributed by atoms with Crippen LogP contribution in [0.2, 0.25) is 0 Å². The summed E-state index contributed by atoms with van der Waals surface area (Å²) < 4.78 is 12.0. The number of likely N-dealkylation sites (tertiary alicyclic amines) is 1. The summed E-state index contributed by atoms with van der Waals surface area (Å²) in [6.07, 6.45) is 8.84. The average molecular weight is 600 g/mol. The molecule has 3 unspecified atom stereocenters. The number of hydrogen-bond donors (Lipinski definition) is 0. The highest BCUT2D eigenvalue weighted by Gasteiger charge is 2.35. The molecule has 3 atom stereocenters. The Morgan fingerprint density at radius 1 is 1.14 bits per heavy atom. The summed E-state index contributed by atoms with van der Waals surface area (Å²) in [4.78, 5) is 31.7. The average Bonchev–Trinajstić information content (AvgIpc) is 3.53. The maximum absolute atomic E-state index is 12.6. The number of ether oxygens (including phenoxy) is 2. The molecule has 0 bridgehead atoms. The van der Waals surface area contributed by atoms with Crippen molar-refractivity contribution in [3.05, 3.63) is 47.7 Å². The minimum atomic E-state index is -0.220. The van der Waals surface area contributed by atoms with Crippen LogP contribution >= 0.6 is 0 Å². The van der Waals surface area contributed by atoms with E-state index in [1.807, 2.05) is 0 Å². The van der Waals surface area contributed by atoms with E-state index in [0.717, 1.165) is 75.4 Å². The van der Waals surface area contributed by atoms with Crippen LogP contribution in [0, 0.1) is 11.3 Å². The van der Waals surface area contributed by atoms with E-state index < -0.39 is 0 Å². The topological polar surface area (TPSA) is 98.1 Å². The molecule has 4 heterocycles.